The minimum atomic E-state index is 0.0546. The summed E-state index contributed by atoms with van der Waals surface area (Å²) in [4.78, 5) is 11.9. The summed E-state index contributed by atoms with van der Waals surface area (Å²) in [5.41, 5.74) is 3.30. The summed E-state index contributed by atoms with van der Waals surface area (Å²) < 4.78 is 0. The van der Waals surface area contributed by atoms with Crippen LogP contribution in [0.5, 0.6) is 0 Å². The third-order valence-electron chi connectivity index (χ3n) is 3.33. The summed E-state index contributed by atoms with van der Waals surface area (Å²) in [6.07, 6.45) is 0.425. The molecule has 23 heavy (non-hydrogen) atoms. The molecule has 0 saturated carbocycles. The van der Waals surface area contributed by atoms with Crippen LogP contribution in [0.4, 0.5) is 0 Å². The number of halogens is 2. The van der Waals surface area contributed by atoms with E-state index < -0.39 is 0 Å². The third kappa shape index (κ3) is 6.46. The molecule has 0 spiro atoms. The first kappa shape index (κ1) is 18.2. The van der Waals surface area contributed by atoms with Crippen molar-refractivity contribution in [3.05, 3.63) is 69.2 Å². The van der Waals surface area contributed by atoms with Gasteiger partial charge in [0.05, 0.1) is 6.42 Å². The molecule has 1 N–H and O–H groups in total. The maximum Gasteiger partial charge on any atom is 0.224 e. The van der Waals surface area contributed by atoms with Crippen LogP contribution in [0.1, 0.15) is 16.7 Å². The summed E-state index contributed by atoms with van der Waals surface area (Å²) in [6, 6.07) is 13.6. The fraction of sp³-hybridized carbons (Fsp3) is 0.278. The third-order valence-corrected chi connectivity index (χ3v) is 4.92. The van der Waals surface area contributed by atoms with E-state index in [9.17, 15) is 4.79 Å². The standard InChI is InChI=1S/C18H19Cl2NOS/c1-13-2-4-14(5-3-13)10-18(22)21-8-9-23-12-15-6-7-16(19)11-17(15)20/h2-7,11H,8-10,12H2,1H3,(H,21,22). The van der Waals surface area contributed by atoms with Crippen molar-refractivity contribution in [3.63, 3.8) is 0 Å². The molecule has 0 saturated heterocycles. The van der Waals surface area contributed by atoms with Crippen molar-refractivity contribution in [2.24, 2.45) is 0 Å². The lowest BCUT2D eigenvalue weighted by Gasteiger charge is -2.07. The molecule has 2 rings (SSSR count). The molecule has 2 aromatic rings. The van der Waals surface area contributed by atoms with Crippen LogP contribution in [0.2, 0.25) is 10.0 Å². The number of carbonyl (C=O) groups is 1. The molecule has 122 valence electrons. The van der Waals surface area contributed by atoms with Crippen LogP contribution in [0, 0.1) is 6.92 Å². The van der Waals surface area contributed by atoms with Gasteiger partial charge in [-0.3, -0.25) is 4.79 Å². The minimum Gasteiger partial charge on any atom is -0.355 e. The predicted octanol–water partition coefficient (Wildman–Crippen LogP) is 4.89. The monoisotopic (exact) mass is 367 g/mol. The average molecular weight is 368 g/mol. The molecule has 0 aromatic heterocycles. The van der Waals surface area contributed by atoms with Gasteiger partial charge < -0.3 is 5.32 Å². The topological polar surface area (TPSA) is 29.1 Å². The van der Waals surface area contributed by atoms with Crippen molar-refractivity contribution in [2.75, 3.05) is 12.3 Å². The Morgan fingerprint density at radius 2 is 1.87 bits per heavy atom. The second-order valence-corrected chi connectivity index (χ2v) is 7.25. The van der Waals surface area contributed by atoms with E-state index in [1.54, 1.807) is 17.8 Å². The number of carbonyl (C=O) groups excluding carboxylic acids is 1. The molecule has 2 aromatic carbocycles. The second kappa shape index (κ2) is 9.21. The van der Waals surface area contributed by atoms with Crippen molar-refractivity contribution in [1.29, 1.82) is 0 Å². The van der Waals surface area contributed by atoms with Gasteiger partial charge in [-0.1, -0.05) is 59.1 Å². The van der Waals surface area contributed by atoms with Crippen LogP contribution in [0.25, 0.3) is 0 Å². The number of hydrogen-bond acceptors (Lipinski definition) is 2. The van der Waals surface area contributed by atoms with Gasteiger partial charge in [-0.05, 0) is 30.2 Å². The van der Waals surface area contributed by atoms with E-state index in [-0.39, 0.29) is 5.91 Å². The predicted molar refractivity (Wildman–Crippen MR) is 101 cm³/mol. The smallest absolute Gasteiger partial charge is 0.224 e. The normalized spacial score (nSPS) is 10.6. The molecule has 0 aliphatic heterocycles. The van der Waals surface area contributed by atoms with Gasteiger partial charge in [0.2, 0.25) is 5.91 Å². The number of thioether (sulfide) groups is 1. The molecule has 5 heteroatoms. The molecule has 1 amide bonds. The molecule has 0 fully saturated rings. The lowest BCUT2D eigenvalue weighted by molar-refractivity contribution is -0.120. The highest BCUT2D eigenvalue weighted by Gasteiger charge is 2.04. The first-order valence-electron chi connectivity index (χ1n) is 7.38. The summed E-state index contributed by atoms with van der Waals surface area (Å²) in [7, 11) is 0. The van der Waals surface area contributed by atoms with Gasteiger partial charge in [0.25, 0.3) is 0 Å². The number of rotatable bonds is 7. The van der Waals surface area contributed by atoms with Crippen molar-refractivity contribution in [1.82, 2.24) is 5.32 Å². The molecular weight excluding hydrogens is 349 g/mol. The first-order valence-corrected chi connectivity index (χ1v) is 9.29. The first-order chi connectivity index (χ1) is 11.0. The maximum atomic E-state index is 11.9. The van der Waals surface area contributed by atoms with Gasteiger partial charge in [0.15, 0.2) is 0 Å². The second-order valence-electron chi connectivity index (χ2n) is 5.30. The van der Waals surface area contributed by atoms with Gasteiger partial charge in [0, 0.05) is 28.1 Å². The Morgan fingerprint density at radius 1 is 1.13 bits per heavy atom. The van der Waals surface area contributed by atoms with Gasteiger partial charge >= 0.3 is 0 Å². The molecule has 0 atom stereocenters. The zero-order chi connectivity index (χ0) is 16.7. The molecule has 0 aliphatic rings. The van der Waals surface area contributed by atoms with Crippen molar-refractivity contribution >= 4 is 40.9 Å². The Morgan fingerprint density at radius 3 is 2.57 bits per heavy atom. The lowest BCUT2D eigenvalue weighted by atomic mass is 10.1. The largest absolute Gasteiger partial charge is 0.355 e. The van der Waals surface area contributed by atoms with Gasteiger partial charge in [-0.2, -0.15) is 11.8 Å². The highest BCUT2D eigenvalue weighted by molar-refractivity contribution is 7.98. The van der Waals surface area contributed by atoms with Crippen LogP contribution in [-0.4, -0.2) is 18.2 Å². The van der Waals surface area contributed by atoms with E-state index in [1.165, 1.54) is 5.56 Å². The minimum absolute atomic E-state index is 0.0546. The van der Waals surface area contributed by atoms with E-state index in [1.807, 2.05) is 43.3 Å². The number of hydrogen-bond donors (Lipinski definition) is 1. The zero-order valence-corrected chi connectivity index (χ0v) is 15.3. The SMILES string of the molecule is Cc1ccc(CC(=O)NCCSCc2ccc(Cl)cc2Cl)cc1. The zero-order valence-electron chi connectivity index (χ0n) is 12.9. The highest BCUT2D eigenvalue weighted by atomic mass is 35.5. The Kier molecular flexibility index (Phi) is 7.28. The molecule has 0 heterocycles. The van der Waals surface area contributed by atoms with Crippen molar-refractivity contribution in [3.8, 4) is 0 Å². The van der Waals surface area contributed by atoms with Gasteiger partial charge in [-0.25, -0.2) is 0 Å². The summed E-state index contributed by atoms with van der Waals surface area (Å²) in [5, 5.41) is 4.28. The number of aryl methyl sites for hydroxylation is 1. The summed E-state index contributed by atoms with van der Waals surface area (Å²) in [6.45, 7) is 2.69. The van der Waals surface area contributed by atoms with Gasteiger partial charge in [0.1, 0.15) is 0 Å². The Labute approximate surface area is 151 Å². The van der Waals surface area contributed by atoms with E-state index in [4.69, 9.17) is 23.2 Å². The van der Waals surface area contributed by atoms with Crippen LogP contribution < -0.4 is 5.32 Å². The Bertz CT molecular complexity index is 659. The molecule has 0 radical (unpaired) electrons. The fourth-order valence-electron chi connectivity index (χ4n) is 2.04. The molecular formula is C18H19Cl2NOS. The Balaban J connectivity index is 1.65. The maximum absolute atomic E-state index is 11.9. The molecule has 2 nitrogen and oxygen atoms in total. The van der Waals surface area contributed by atoms with Crippen LogP contribution in [0.15, 0.2) is 42.5 Å². The van der Waals surface area contributed by atoms with Crippen LogP contribution in [-0.2, 0) is 17.0 Å². The number of amides is 1. The van der Waals surface area contributed by atoms with E-state index >= 15 is 0 Å². The van der Waals surface area contributed by atoms with E-state index in [2.05, 4.69) is 5.32 Å². The number of nitrogens with one attached hydrogen (secondary N) is 1. The van der Waals surface area contributed by atoms with Crippen molar-refractivity contribution in [2.45, 2.75) is 19.1 Å². The van der Waals surface area contributed by atoms with E-state index in [0.717, 1.165) is 22.6 Å². The molecule has 0 aliphatic carbocycles. The number of benzene rings is 2. The average Bonchev–Trinajstić information content (AvgIpc) is 2.51. The molecule has 0 bridgehead atoms. The lowest BCUT2D eigenvalue weighted by Crippen LogP contribution is -2.27. The Hall–Kier alpha value is -1.16. The summed E-state index contributed by atoms with van der Waals surface area (Å²) >= 11 is 13.7. The van der Waals surface area contributed by atoms with Gasteiger partial charge in [-0.15, -0.1) is 0 Å². The van der Waals surface area contributed by atoms with E-state index in [0.29, 0.717) is 23.0 Å². The van der Waals surface area contributed by atoms with Crippen LogP contribution >= 0.6 is 35.0 Å². The van der Waals surface area contributed by atoms with Crippen LogP contribution in [0.3, 0.4) is 0 Å². The summed E-state index contributed by atoms with van der Waals surface area (Å²) in [5.74, 6) is 1.71. The van der Waals surface area contributed by atoms with Crippen molar-refractivity contribution < 1.29 is 4.79 Å². The quantitative estimate of drug-likeness (QED) is 0.705. The fourth-order valence-corrected chi connectivity index (χ4v) is 3.45. The molecule has 0 unspecified atom stereocenters. The highest BCUT2D eigenvalue weighted by Crippen LogP contribution is 2.24.